The van der Waals surface area contributed by atoms with Crippen molar-refractivity contribution in [1.82, 2.24) is 0 Å². The molecule has 0 amide bonds. The van der Waals surface area contributed by atoms with Gasteiger partial charge >= 0.3 is 45.5 Å². The first kappa shape index (κ1) is 35.1. The maximum Gasteiger partial charge on any atom is 0.508 e. The summed E-state index contributed by atoms with van der Waals surface area (Å²) in [5.41, 5.74) is 0. The van der Waals surface area contributed by atoms with E-state index < -0.39 is 57.7 Å². The van der Waals surface area contributed by atoms with Gasteiger partial charge in [-0.15, -0.1) is 0 Å². The lowest BCUT2D eigenvalue weighted by Crippen LogP contribution is -3.61. The Labute approximate surface area is 301 Å². The standard InChI is InChI=1S/C36H30IO14/c38-33(44-17-31-19-46-35(40)50-31)21-42-25-9-13-29(14-10-25)48-27-5-1-23(2-6-27)37-24-3-7-28(8-4-24)49-30-15-11-26(12-16-30)43-22-34(39)45-18-32-20-47-36(41)51-32/h1-16,31-32H,17-22H2/q+1. The first-order chi connectivity index (χ1) is 24.8. The van der Waals surface area contributed by atoms with Crippen molar-refractivity contribution in [2.24, 2.45) is 0 Å². The monoisotopic (exact) mass is 813 g/mol. The summed E-state index contributed by atoms with van der Waals surface area (Å²) in [5.74, 6) is 2.32. The molecule has 2 aliphatic rings. The molecule has 4 aromatic rings. The van der Waals surface area contributed by atoms with Gasteiger partial charge in [0.2, 0.25) is 0 Å². The van der Waals surface area contributed by atoms with Crippen LogP contribution in [0, 0.1) is 7.14 Å². The van der Waals surface area contributed by atoms with Gasteiger partial charge in [0.25, 0.3) is 0 Å². The van der Waals surface area contributed by atoms with Crippen molar-refractivity contribution >= 4 is 24.2 Å². The third-order valence-electron chi connectivity index (χ3n) is 6.84. The molecule has 0 saturated carbocycles. The number of hydrogen-bond donors (Lipinski definition) is 0. The van der Waals surface area contributed by atoms with E-state index in [2.05, 4.69) is 9.47 Å². The van der Waals surface area contributed by atoms with E-state index in [1.165, 1.54) is 7.14 Å². The molecule has 2 saturated heterocycles. The predicted octanol–water partition coefficient (Wildman–Crippen LogP) is 2.31. The quantitative estimate of drug-likeness (QED) is 0.0922. The molecule has 2 heterocycles. The highest BCUT2D eigenvalue weighted by Gasteiger charge is 2.27. The van der Waals surface area contributed by atoms with E-state index in [9.17, 15) is 19.2 Å². The lowest BCUT2D eigenvalue weighted by molar-refractivity contribution is -0.597. The average Bonchev–Trinajstić information content (AvgIpc) is 3.77. The van der Waals surface area contributed by atoms with Crippen LogP contribution >= 0.6 is 0 Å². The van der Waals surface area contributed by atoms with E-state index in [0.29, 0.717) is 34.5 Å². The van der Waals surface area contributed by atoms with Crippen LogP contribution in [0.15, 0.2) is 97.1 Å². The molecule has 14 nitrogen and oxygen atoms in total. The average molecular weight is 814 g/mol. The maximum atomic E-state index is 11.9. The third kappa shape index (κ3) is 11.1. The Bertz CT molecular complexity index is 1660. The van der Waals surface area contributed by atoms with E-state index >= 15 is 0 Å². The lowest BCUT2D eigenvalue weighted by atomic mass is 10.3. The van der Waals surface area contributed by atoms with Gasteiger partial charge < -0.3 is 47.4 Å². The number of cyclic esters (lactones) is 4. The highest BCUT2D eigenvalue weighted by molar-refractivity contribution is 5.71. The van der Waals surface area contributed by atoms with Gasteiger partial charge in [-0.05, 0) is 97.1 Å². The topological polar surface area (TPSA) is 161 Å². The van der Waals surface area contributed by atoms with Crippen molar-refractivity contribution < 1.29 is 87.8 Å². The molecule has 264 valence electrons. The Morgan fingerprint density at radius 1 is 0.529 bits per heavy atom. The number of carbonyl (C=O) groups is 4. The molecule has 0 bridgehead atoms. The second-order valence-corrected chi connectivity index (χ2v) is 13.7. The van der Waals surface area contributed by atoms with Gasteiger partial charge in [-0.2, -0.15) is 0 Å². The van der Waals surface area contributed by atoms with Gasteiger partial charge in [0.1, 0.15) is 60.9 Å². The third-order valence-corrected chi connectivity index (χ3v) is 9.52. The fourth-order valence-corrected chi connectivity index (χ4v) is 6.53. The number of carbonyl (C=O) groups excluding carboxylic acids is 4. The summed E-state index contributed by atoms with van der Waals surface area (Å²) in [5, 5.41) is 0. The number of esters is 2. The highest BCUT2D eigenvalue weighted by Crippen LogP contribution is 2.25. The molecular weight excluding hydrogens is 783 g/mol. The molecule has 2 atom stereocenters. The van der Waals surface area contributed by atoms with E-state index in [-0.39, 0.29) is 39.6 Å². The minimum Gasteiger partial charge on any atom is -0.482 e. The van der Waals surface area contributed by atoms with Crippen LogP contribution in [-0.2, 0) is 38.0 Å². The van der Waals surface area contributed by atoms with Gasteiger partial charge in [-0.3, -0.25) is 0 Å². The SMILES string of the molecule is O=C(COc1ccc(Oc2ccc([I+]c3ccc(Oc4ccc(OCC(=O)OCC5COC(=O)O5)cc4)cc3)cc2)cc1)OCC1COC(=O)O1. The smallest absolute Gasteiger partial charge is 0.482 e. The van der Waals surface area contributed by atoms with Crippen LogP contribution in [-0.4, -0.2) is 76.1 Å². The predicted molar refractivity (Wildman–Crippen MR) is 169 cm³/mol. The summed E-state index contributed by atoms with van der Waals surface area (Å²) in [6, 6.07) is 29.5. The lowest BCUT2D eigenvalue weighted by Gasteiger charge is -2.10. The molecule has 0 aromatic heterocycles. The van der Waals surface area contributed by atoms with Gasteiger partial charge in [0, 0.05) is 0 Å². The molecule has 6 rings (SSSR count). The van der Waals surface area contributed by atoms with Gasteiger partial charge in [-0.25, -0.2) is 19.2 Å². The summed E-state index contributed by atoms with van der Waals surface area (Å²) in [6.45, 7) is -0.681. The van der Waals surface area contributed by atoms with Crippen molar-refractivity contribution in [2.45, 2.75) is 12.2 Å². The minimum atomic E-state index is -0.776. The molecule has 0 spiro atoms. The van der Waals surface area contributed by atoms with Crippen LogP contribution in [0.4, 0.5) is 9.59 Å². The summed E-state index contributed by atoms with van der Waals surface area (Å²) in [6.07, 6.45) is -2.76. The molecule has 15 heteroatoms. The van der Waals surface area contributed by atoms with Crippen molar-refractivity contribution in [3.05, 3.63) is 104 Å². The Hall–Kier alpha value is -5.71. The normalized spacial score (nSPS) is 16.2. The summed E-state index contributed by atoms with van der Waals surface area (Å²) < 4.78 is 54.2. The number of benzene rings is 4. The molecular formula is C36H30IO14+. The Balaban J connectivity index is 0.885. The number of hydrogen-bond acceptors (Lipinski definition) is 14. The van der Waals surface area contributed by atoms with Crippen LogP contribution in [0.2, 0.25) is 0 Å². The summed E-state index contributed by atoms with van der Waals surface area (Å²) in [4.78, 5) is 45.6. The number of halogens is 1. The van der Waals surface area contributed by atoms with Crippen LogP contribution < -0.4 is 40.2 Å². The first-order valence-corrected chi connectivity index (χ1v) is 17.6. The summed E-state index contributed by atoms with van der Waals surface area (Å²) in [7, 11) is 0. The van der Waals surface area contributed by atoms with E-state index in [1.54, 1.807) is 48.5 Å². The number of rotatable bonds is 16. The molecule has 0 N–H and O–H groups in total. The highest BCUT2D eigenvalue weighted by atomic mass is 127. The molecule has 0 aliphatic carbocycles. The largest absolute Gasteiger partial charge is 0.508 e. The number of ether oxygens (including phenoxy) is 10. The Morgan fingerprint density at radius 2 is 0.863 bits per heavy atom. The van der Waals surface area contributed by atoms with E-state index in [4.69, 9.17) is 37.9 Å². The molecule has 4 aromatic carbocycles. The van der Waals surface area contributed by atoms with Gasteiger partial charge in [0.15, 0.2) is 32.6 Å². The molecule has 51 heavy (non-hydrogen) atoms. The zero-order valence-electron chi connectivity index (χ0n) is 26.7. The zero-order chi connectivity index (χ0) is 35.4. The summed E-state index contributed by atoms with van der Waals surface area (Å²) >= 11 is -0.439. The van der Waals surface area contributed by atoms with E-state index in [1.807, 2.05) is 48.5 Å². The van der Waals surface area contributed by atoms with Crippen LogP contribution in [0.5, 0.6) is 34.5 Å². The maximum absolute atomic E-state index is 11.9. The van der Waals surface area contributed by atoms with Gasteiger partial charge in [0.05, 0.1) is 0 Å². The van der Waals surface area contributed by atoms with Gasteiger partial charge in [-0.1, -0.05) is 0 Å². The minimum absolute atomic E-state index is 0.0485. The van der Waals surface area contributed by atoms with Crippen molar-refractivity contribution in [1.29, 1.82) is 0 Å². The molecule has 2 aliphatic heterocycles. The zero-order valence-corrected chi connectivity index (χ0v) is 28.9. The Kier molecular flexibility index (Phi) is 11.9. The van der Waals surface area contributed by atoms with Crippen molar-refractivity contribution in [2.75, 3.05) is 39.6 Å². The second-order valence-electron chi connectivity index (χ2n) is 10.7. The Morgan fingerprint density at radius 3 is 1.20 bits per heavy atom. The van der Waals surface area contributed by atoms with Crippen LogP contribution in [0.3, 0.4) is 0 Å². The van der Waals surface area contributed by atoms with Crippen LogP contribution in [0.25, 0.3) is 0 Å². The van der Waals surface area contributed by atoms with Crippen molar-refractivity contribution in [3.63, 3.8) is 0 Å². The van der Waals surface area contributed by atoms with Crippen LogP contribution in [0.1, 0.15) is 0 Å². The van der Waals surface area contributed by atoms with Crippen molar-refractivity contribution in [3.8, 4) is 34.5 Å². The molecule has 2 fully saturated rings. The molecule has 2 unspecified atom stereocenters. The van der Waals surface area contributed by atoms with E-state index in [0.717, 1.165) is 0 Å². The first-order valence-electron chi connectivity index (χ1n) is 15.5. The fraction of sp³-hybridized carbons (Fsp3) is 0.222. The fourth-order valence-electron chi connectivity index (χ4n) is 4.37. The second kappa shape index (κ2) is 17.3. The molecule has 0 radical (unpaired) electrons.